The number of piperazine rings is 1. The van der Waals surface area contributed by atoms with Gasteiger partial charge in [0.05, 0.1) is 5.56 Å². The summed E-state index contributed by atoms with van der Waals surface area (Å²) >= 11 is 0. The van der Waals surface area contributed by atoms with Gasteiger partial charge in [-0.3, -0.25) is 4.79 Å². The van der Waals surface area contributed by atoms with E-state index in [1.807, 2.05) is 35.4 Å². The van der Waals surface area contributed by atoms with Crippen molar-refractivity contribution in [2.75, 3.05) is 31.1 Å². The molecule has 6 heteroatoms. The van der Waals surface area contributed by atoms with Gasteiger partial charge in [0.2, 0.25) is 5.95 Å². The standard InChI is InChI=1S/C19H21N5O/c1-2-22-14-16(15-6-3-4-7-17(15)22)18(25)23-10-12-24(13-11-23)19-20-8-5-9-21-19/h3-9,14H,2,10-13H2,1H3. The fourth-order valence-electron chi connectivity index (χ4n) is 3.41. The molecule has 2 aromatic heterocycles. The van der Waals surface area contributed by atoms with Crippen LogP contribution in [0.3, 0.4) is 0 Å². The van der Waals surface area contributed by atoms with Crippen LogP contribution in [-0.2, 0) is 6.54 Å². The van der Waals surface area contributed by atoms with Crippen LogP contribution in [0.4, 0.5) is 5.95 Å². The third-order valence-electron chi connectivity index (χ3n) is 4.76. The monoisotopic (exact) mass is 335 g/mol. The van der Waals surface area contributed by atoms with Crippen LogP contribution in [0.5, 0.6) is 0 Å². The topological polar surface area (TPSA) is 54.3 Å². The molecule has 1 amide bonds. The Balaban J connectivity index is 1.53. The summed E-state index contributed by atoms with van der Waals surface area (Å²) in [6, 6.07) is 9.92. The average molecular weight is 335 g/mol. The van der Waals surface area contributed by atoms with Gasteiger partial charge in [0.25, 0.3) is 5.91 Å². The highest BCUT2D eigenvalue weighted by Gasteiger charge is 2.25. The average Bonchev–Trinajstić information content (AvgIpc) is 3.07. The molecule has 0 saturated carbocycles. The third kappa shape index (κ3) is 2.84. The fraction of sp³-hybridized carbons (Fsp3) is 0.316. The summed E-state index contributed by atoms with van der Waals surface area (Å²) in [5, 5.41) is 1.03. The molecule has 6 nitrogen and oxygen atoms in total. The fourth-order valence-corrected chi connectivity index (χ4v) is 3.41. The Kier molecular flexibility index (Phi) is 4.09. The molecular weight excluding hydrogens is 314 g/mol. The molecular formula is C19H21N5O. The lowest BCUT2D eigenvalue weighted by Crippen LogP contribution is -2.49. The summed E-state index contributed by atoms with van der Waals surface area (Å²) in [5.74, 6) is 0.842. The summed E-state index contributed by atoms with van der Waals surface area (Å²) in [4.78, 5) is 25.7. The Morgan fingerprint density at radius 2 is 1.76 bits per heavy atom. The predicted molar refractivity (Wildman–Crippen MR) is 97.8 cm³/mol. The van der Waals surface area contributed by atoms with E-state index in [4.69, 9.17) is 0 Å². The first-order chi connectivity index (χ1) is 12.3. The van der Waals surface area contributed by atoms with Crippen LogP contribution in [0.15, 0.2) is 48.9 Å². The van der Waals surface area contributed by atoms with Crippen LogP contribution in [0, 0.1) is 0 Å². The zero-order valence-electron chi connectivity index (χ0n) is 14.3. The molecule has 0 N–H and O–H groups in total. The highest BCUT2D eigenvalue weighted by Crippen LogP contribution is 2.23. The van der Waals surface area contributed by atoms with Crippen molar-refractivity contribution in [2.24, 2.45) is 0 Å². The van der Waals surface area contributed by atoms with Gasteiger partial charge in [0.15, 0.2) is 0 Å². The number of aromatic nitrogens is 3. The van der Waals surface area contributed by atoms with Gasteiger partial charge in [-0.1, -0.05) is 18.2 Å². The number of carbonyl (C=O) groups is 1. The van der Waals surface area contributed by atoms with Crippen molar-refractivity contribution >= 4 is 22.8 Å². The lowest BCUT2D eigenvalue weighted by Gasteiger charge is -2.34. The molecule has 0 unspecified atom stereocenters. The van der Waals surface area contributed by atoms with Crippen LogP contribution in [0.25, 0.3) is 10.9 Å². The largest absolute Gasteiger partial charge is 0.347 e. The number of benzene rings is 1. The minimum atomic E-state index is 0.108. The number of carbonyl (C=O) groups excluding carboxylic acids is 1. The predicted octanol–water partition coefficient (Wildman–Crippen LogP) is 2.41. The number of para-hydroxylation sites is 1. The van der Waals surface area contributed by atoms with E-state index < -0.39 is 0 Å². The Morgan fingerprint density at radius 1 is 1.04 bits per heavy atom. The summed E-state index contributed by atoms with van der Waals surface area (Å²) in [5.41, 5.74) is 1.91. The second-order valence-corrected chi connectivity index (χ2v) is 6.17. The minimum Gasteiger partial charge on any atom is -0.347 e. The maximum atomic E-state index is 13.0. The molecule has 0 radical (unpaired) electrons. The first-order valence-electron chi connectivity index (χ1n) is 8.67. The second-order valence-electron chi connectivity index (χ2n) is 6.17. The van der Waals surface area contributed by atoms with Crippen LogP contribution >= 0.6 is 0 Å². The Hall–Kier alpha value is -2.89. The normalized spacial score (nSPS) is 14.9. The minimum absolute atomic E-state index is 0.108. The van der Waals surface area contributed by atoms with Gasteiger partial charge in [-0.25, -0.2) is 9.97 Å². The number of rotatable bonds is 3. The number of aryl methyl sites for hydroxylation is 1. The van der Waals surface area contributed by atoms with Crippen molar-refractivity contribution in [1.29, 1.82) is 0 Å². The van der Waals surface area contributed by atoms with Gasteiger partial charge in [-0.2, -0.15) is 0 Å². The molecule has 1 aliphatic rings. The molecule has 1 saturated heterocycles. The van der Waals surface area contributed by atoms with Crippen molar-refractivity contribution in [1.82, 2.24) is 19.4 Å². The molecule has 0 bridgehead atoms. The highest BCUT2D eigenvalue weighted by molar-refractivity contribution is 6.07. The maximum absolute atomic E-state index is 13.0. The number of nitrogens with zero attached hydrogens (tertiary/aromatic N) is 5. The number of amides is 1. The lowest BCUT2D eigenvalue weighted by atomic mass is 10.1. The van der Waals surface area contributed by atoms with E-state index in [1.165, 1.54) is 0 Å². The van der Waals surface area contributed by atoms with E-state index in [0.717, 1.165) is 42.0 Å². The molecule has 1 aromatic carbocycles. The van der Waals surface area contributed by atoms with Crippen molar-refractivity contribution in [3.8, 4) is 0 Å². The molecule has 3 aromatic rings. The van der Waals surface area contributed by atoms with E-state index in [0.29, 0.717) is 13.1 Å². The maximum Gasteiger partial charge on any atom is 0.256 e. The SMILES string of the molecule is CCn1cc(C(=O)N2CCN(c3ncccn3)CC2)c2ccccc21. The van der Waals surface area contributed by atoms with Gasteiger partial charge in [-0.05, 0) is 19.1 Å². The lowest BCUT2D eigenvalue weighted by molar-refractivity contribution is 0.0748. The van der Waals surface area contributed by atoms with E-state index in [1.54, 1.807) is 12.4 Å². The molecule has 25 heavy (non-hydrogen) atoms. The van der Waals surface area contributed by atoms with E-state index in [2.05, 4.69) is 32.4 Å². The van der Waals surface area contributed by atoms with Crippen LogP contribution in [0.2, 0.25) is 0 Å². The first-order valence-corrected chi connectivity index (χ1v) is 8.67. The summed E-state index contributed by atoms with van der Waals surface area (Å²) in [7, 11) is 0. The molecule has 1 aliphatic heterocycles. The van der Waals surface area contributed by atoms with E-state index >= 15 is 0 Å². The van der Waals surface area contributed by atoms with Crippen LogP contribution < -0.4 is 4.90 Å². The Labute approximate surface area is 146 Å². The first kappa shape index (κ1) is 15.6. The molecule has 3 heterocycles. The van der Waals surface area contributed by atoms with Gasteiger partial charge in [-0.15, -0.1) is 0 Å². The third-order valence-corrected chi connectivity index (χ3v) is 4.76. The van der Waals surface area contributed by atoms with Gasteiger partial charge >= 0.3 is 0 Å². The number of hydrogen-bond acceptors (Lipinski definition) is 4. The molecule has 128 valence electrons. The summed E-state index contributed by atoms with van der Waals surface area (Å²) in [6.07, 6.45) is 5.48. The Morgan fingerprint density at radius 3 is 2.48 bits per heavy atom. The molecule has 1 fully saturated rings. The second kappa shape index (κ2) is 6.55. The van der Waals surface area contributed by atoms with Gasteiger partial charge in [0.1, 0.15) is 0 Å². The van der Waals surface area contributed by atoms with E-state index in [-0.39, 0.29) is 5.91 Å². The smallest absolute Gasteiger partial charge is 0.256 e. The number of hydrogen-bond donors (Lipinski definition) is 0. The van der Waals surface area contributed by atoms with Crippen molar-refractivity contribution < 1.29 is 4.79 Å². The zero-order valence-corrected chi connectivity index (χ0v) is 14.3. The van der Waals surface area contributed by atoms with Crippen LogP contribution in [0.1, 0.15) is 17.3 Å². The summed E-state index contributed by atoms with van der Waals surface area (Å²) in [6.45, 7) is 5.82. The highest BCUT2D eigenvalue weighted by atomic mass is 16.2. The van der Waals surface area contributed by atoms with E-state index in [9.17, 15) is 4.79 Å². The van der Waals surface area contributed by atoms with Crippen molar-refractivity contribution in [3.63, 3.8) is 0 Å². The zero-order chi connectivity index (χ0) is 17.2. The molecule has 0 atom stereocenters. The molecule has 0 spiro atoms. The van der Waals surface area contributed by atoms with Gasteiger partial charge in [0, 0.05) is 62.2 Å². The van der Waals surface area contributed by atoms with Gasteiger partial charge < -0.3 is 14.4 Å². The molecule has 0 aliphatic carbocycles. The Bertz CT molecular complexity index is 881. The van der Waals surface area contributed by atoms with Crippen molar-refractivity contribution in [2.45, 2.75) is 13.5 Å². The van der Waals surface area contributed by atoms with Crippen LogP contribution in [-0.4, -0.2) is 51.5 Å². The number of anilines is 1. The number of fused-ring (bicyclic) bond motifs is 1. The van der Waals surface area contributed by atoms with Crippen molar-refractivity contribution in [3.05, 3.63) is 54.5 Å². The molecule has 4 rings (SSSR count). The quantitative estimate of drug-likeness (QED) is 0.738. The summed E-state index contributed by atoms with van der Waals surface area (Å²) < 4.78 is 2.14.